The molecule has 1 aromatic rings. The predicted molar refractivity (Wildman–Crippen MR) is 82.7 cm³/mol. The summed E-state index contributed by atoms with van der Waals surface area (Å²) >= 11 is 0. The van der Waals surface area contributed by atoms with Gasteiger partial charge in [0, 0.05) is 38.3 Å². The lowest BCUT2D eigenvalue weighted by molar-refractivity contribution is -0.148. The molecule has 0 bridgehead atoms. The highest BCUT2D eigenvalue weighted by Crippen LogP contribution is 2.35. The number of amides is 1. The quantitative estimate of drug-likeness (QED) is 0.826. The van der Waals surface area contributed by atoms with Crippen LogP contribution in [0.25, 0.3) is 0 Å². The fourth-order valence-corrected chi connectivity index (χ4v) is 4.13. The van der Waals surface area contributed by atoms with E-state index in [0.29, 0.717) is 44.7 Å². The van der Waals surface area contributed by atoms with Crippen molar-refractivity contribution in [1.29, 1.82) is 0 Å². The lowest BCUT2D eigenvalue weighted by atomic mass is 9.82. The Kier molecular flexibility index (Phi) is 4.37. The normalized spacial score (nSPS) is 32.0. The highest BCUT2D eigenvalue weighted by Gasteiger charge is 2.45. The van der Waals surface area contributed by atoms with Crippen molar-refractivity contribution in [3.63, 3.8) is 0 Å². The third kappa shape index (κ3) is 3.16. The minimum absolute atomic E-state index is 0.00111. The maximum absolute atomic E-state index is 12.9. The molecule has 3 aliphatic rings. The van der Waals surface area contributed by atoms with Gasteiger partial charge in [-0.2, -0.15) is 0 Å². The molecule has 0 spiro atoms. The Balaban J connectivity index is 1.41. The Morgan fingerprint density at radius 3 is 2.83 bits per heavy atom. The monoisotopic (exact) mass is 320 g/mol. The van der Waals surface area contributed by atoms with Crippen LogP contribution in [0.2, 0.25) is 0 Å². The molecule has 1 aromatic heterocycles. The highest BCUT2D eigenvalue weighted by molar-refractivity contribution is 5.79. The number of hydrogen-bond donors (Lipinski definition) is 0. The molecule has 4 heterocycles. The van der Waals surface area contributed by atoms with Crippen molar-refractivity contribution >= 4 is 5.91 Å². The minimum atomic E-state index is 0.00111. The van der Waals surface area contributed by atoms with Gasteiger partial charge in [-0.3, -0.25) is 9.69 Å². The fourth-order valence-electron chi connectivity index (χ4n) is 4.13. The number of morpholine rings is 1. The van der Waals surface area contributed by atoms with Crippen LogP contribution in [-0.2, 0) is 20.8 Å². The molecule has 3 saturated heterocycles. The van der Waals surface area contributed by atoms with E-state index in [1.165, 1.54) is 5.56 Å². The van der Waals surface area contributed by atoms with Crippen LogP contribution in [0.1, 0.15) is 5.56 Å². The van der Waals surface area contributed by atoms with E-state index in [-0.39, 0.29) is 11.8 Å². The first-order chi connectivity index (χ1) is 11.3. The molecule has 3 aliphatic heterocycles. The Morgan fingerprint density at radius 1 is 1.17 bits per heavy atom. The van der Waals surface area contributed by atoms with Gasteiger partial charge in [0.05, 0.1) is 44.9 Å². The number of likely N-dealkylation sites (tertiary alicyclic amines) is 1. The molecule has 3 atom stereocenters. The van der Waals surface area contributed by atoms with Gasteiger partial charge in [0.2, 0.25) is 5.91 Å². The van der Waals surface area contributed by atoms with Crippen molar-refractivity contribution < 1.29 is 18.7 Å². The predicted octanol–water partition coefficient (Wildman–Crippen LogP) is 0.833. The summed E-state index contributed by atoms with van der Waals surface area (Å²) in [4.78, 5) is 17.3. The zero-order valence-electron chi connectivity index (χ0n) is 13.4. The molecule has 6 nitrogen and oxygen atoms in total. The van der Waals surface area contributed by atoms with Gasteiger partial charge in [-0.1, -0.05) is 0 Å². The Labute approximate surface area is 136 Å². The molecule has 0 saturated carbocycles. The second-order valence-electron chi connectivity index (χ2n) is 6.83. The number of nitrogens with zero attached hydrogens (tertiary/aromatic N) is 2. The summed E-state index contributed by atoms with van der Waals surface area (Å²) < 4.78 is 16.3. The molecule has 0 aromatic carbocycles. The third-order valence-corrected chi connectivity index (χ3v) is 5.34. The number of hydrogen-bond acceptors (Lipinski definition) is 5. The van der Waals surface area contributed by atoms with E-state index in [4.69, 9.17) is 13.9 Å². The maximum Gasteiger partial charge on any atom is 0.228 e. The largest absolute Gasteiger partial charge is 0.472 e. The molecule has 126 valence electrons. The fraction of sp³-hybridized carbons (Fsp3) is 0.706. The number of rotatable bonds is 3. The summed E-state index contributed by atoms with van der Waals surface area (Å²) in [5.41, 5.74) is 1.20. The summed E-state index contributed by atoms with van der Waals surface area (Å²) in [7, 11) is 0. The molecular weight excluding hydrogens is 296 g/mol. The van der Waals surface area contributed by atoms with Gasteiger partial charge < -0.3 is 18.8 Å². The van der Waals surface area contributed by atoms with Gasteiger partial charge in [0.15, 0.2) is 0 Å². The second kappa shape index (κ2) is 6.63. The highest BCUT2D eigenvalue weighted by atomic mass is 16.5. The summed E-state index contributed by atoms with van der Waals surface area (Å²) in [5, 5.41) is 0. The van der Waals surface area contributed by atoms with Gasteiger partial charge in [0.1, 0.15) is 0 Å². The van der Waals surface area contributed by atoms with Crippen LogP contribution in [0.5, 0.6) is 0 Å². The van der Waals surface area contributed by atoms with Crippen LogP contribution in [0, 0.1) is 17.8 Å². The number of furan rings is 1. The van der Waals surface area contributed by atoms with Crippen molar-refractivity contribution in [1.82, 2.24) is 9.80 Å². The third-order valence-electron chi connectivity index (χ3n) is 5.34. The van der Waals surface area contributed by atoms with E-state index < -0.39 is 0 Å². The Bertz CT molecular complexity index is 527. The lowest BCUT2D eigenvalue weighted by Crippen LogP contribution is -2.49. The minimum Gasteiger partial charge on any atom is -0.472 e. The zero-order chi connectivity index (χ0) is 15.6. The first kappa shape index (κ1) is 15.2. The van der Waals surface area contributed by atoms with Crippen molar-refractivity contribution in [2.45, 2.75) is 6.54 Å². The summed E-state index contributed by atoms with van der Waals surface area (Å²) in [6, 6.07) is 2.01. The Hall–Kier alpha value is -1.37. The van der Waals surface area contributed by atoms with E-state index in [2.05, 4.69) is 4.90 Å². The summed E-state index contributed by atoms with van der Waals surface area (Å²) in [5.74, 6) is 1.13. The van der Waals surface area contributed by atoms with E-state index in [9.17, 15) is 4.79 Å². The molecular formula is C17H24N2O4. The van der Waals surface area contributed by atoms with E-state index >= 15 is 0 Å². The van der Waals surface area contributed by atoms with Crippen LogP contribution in [0.15, 0.2) is 23.0 Å². The SMILES string of the molecule is O=C([C@@H]1COC[C@@H]2CN(Cc3ccoc3)C[C@@H]21)N1CCOCC1. The maximum atomic E-state index is 12.9. The van der Waals surface area contributed by atoms with Crippen molar-refractivity contribution in [2.75, 3.05) is 52.6 Å². The van der Waals surface area contributed by atoms with E-state index in [1.807, 2.05) is 11.0 Å². The van der Waals surface area contributed by atoms with Crippen molar-refractivity contribution in [2.24, 2.45) is 17.8 Å². The number of carbonyl (C=O) groups is 1. The first-order valence-electron chi connectivity index (χ1n) is 8.49. The van der Waals surface area contributed by atoms with Crippen molar-refractivity contribution in [3.05, 3.63) is 24.2 Å². The smallest absolute Gasteiger partial charge is 0.228 e. The van der Waals surface area contributed by atoms with Crippen LogP contribution >= 0.6 is 0 Å². The molecule has 23 heavy (non-hydrogen) atoms. The number of ether oxygens (including phenoxy) is 2. The molecule has 0 unspecified atom stereocenters. The number of carbonyl (C=O) groups excluding carboxylic acids is 1. The molecule has 0 aliphatic carbocycles. The van der Waals surface area contributed by atoms with Gasteiger partial charge in [-0.05, 0) is 17.9 Å². The summed E-state index contributed by atoms with van der Waals surface area (Å²) in [6.07, 6.45) is 3.52. The molecule has 6 heteroatoms. The van der Waals surface area contributed by atoms with Gasteiger partial charge in [-0.15, -0.1) is 0 Å². The average Bonchev–Trinajstić information content (AvgIpc) is 3.24. The van der Waals surface area contributed by atoms with Gasteiger partial charge in [0.25, 0.3) is 0 Å². The molecule has 4 rings (SSSR count). The van der Waals surface area contributed by atoms with Crippen LogP contribution < -0.4 is 0 Å². The second-order valence-corrected chi connectivity index (χ2v) is 6.83. The van der Waals surface area contributed by atoms with E-state index in [1.54, 1.807) is 12.5 Å². The zero-order valence-corrected chi connectivity index (χ0v) is 13.4. The van der Waals surface area contributed by atoms with Crippen molar-refractivity contribution in [3.8, 4) is 0 Å². The molecule has 1 amide bonds. The lowest BCUT2D eigenvalue weighted by Gasteiger charge is -2.36. The Morgan fingerprint density at radius 2 is 2.04 bits per heavy atom. The average molecular weight is 320 g/mol. The topological polar surface area (TPSA) is 55.2 Å². The standard InChI is InChI=1S/C17H24N2O4/c20-17(19-2-5-21-6-3-19)16-12-23-11-14-8-18(9-15(14)16)7-13-1-4-22-10-13/h1,4,10,14-16H,2-3,5-9,11-12H2/t14-,15-,16+/m0/s1. The molecule has 0 N–H and O–H groups in total. The molecule has 3 fully saturated rings. The van der Waals surface area contributed by atoms with Gasteiger partial charge in [-0.25, -0.2) is 0 Å². The van der Waals surface area contributed by atoms with Crippen LogP contribution in [0.4, 0.5) is 0 Å². The van der Waals surface area contributed by atoms with Crippen LogP contribution in [0.3, 0.4) is 0 Å². The van der Waals surface area contributed by atoms with Gasteiger partial charge >= 0.3 is 0 Å². The van der Waals surface area contributed by atoms with Crippen LogP contribution in [-0.4, -0.2) is 68.3 Å². The number of fused-ring (bicyclic) bond motifs is 1. The molecule has 0 radical (unpaired) electrons. The summed E-state index contributed by atoms with van der Waals surface area (Å²) in [6.45, 7) is 6.94. The first-order valence-corrected chi connectivity index (χ1v) is 8.49. The van der Waals surface area contributed by atoms with E-state index in [0.717, 1.165) is 26.2 Å².